The molecule has 0 bridgehead atoms. The molecule has 1 saturated heterocycles. The van der Waals surface area contributed by atoms with Crippen LogP contribution >= 0.6 is 0 Å². The number of hydrogen-bond donors (Lipinski definition) is 2. The number of nitrogens with one attached hydrogen (secondary N) is 2. The Balaban J connectivity index is 1.45. The summed E-state index contributed by atoms with van der Waals surface area (Å²) in [4.78, 5) is 23.5. The summed E-state index contributed by atoms with van der Waals surface area (Å²) in [5, 5.41) is 4.53. The molecule has 4 rings (SSSR count). The lowest BCUT2D eigenvalue weighted by Crippen LogP contribution is -2.44. The van der Waals surface area contributed by atoms with Crippen molar-refractivity contribution >= 4 is 16.8 Å². The van der Waals surface area contributed by atoms with Crippen molar-refractivity contribution in [1.29, 1.82) is 0 Å². The van der Waals surface area contributed by atoms with Crippen LogP contribution in [0.25, 0.3) is 10.9 Å². The average molecular weight is 449 g/mol. The number of H-pyrrole nitrogens is 1. The number of hydrogen-bond acceptors (Lipinski definition) is 4. The Bertz CT molecular complexity index is 1090. The van der Waals surface area contributed by atoms with Gasteiger partial charge in [0.2, 0.25) is 5.91 Å². The molecule has 1 aromatic carbocycles. The summed E-state index contributed by atoms with van der Waals surface area (Å²) >= 11 is 0. The maximum atomic E-state index is 12.8. The molecule has 3 aromatic rings. The first-order valence-corrected chi connectivity index (χ1v) is 11.9. The summed E-state index contributed by atoms with van der Waals surface area (Å²) in [5.41, 5.74) is 4.23. The highest BCUT2D eigenvalue weighted by Crippen LogP contribution is 2.33. The SMILES string of the molecule is COc1ccc2[nH]c(CN3CCC([C@H](NC(=O)C(C)(C)C)c4ccccn4)CC3)c(C)c2c1. The first-order chi connectivity index (χ1) is 15.8. The van der Waals surface area contributed by atoms with E-state index < -0.39 is 5.41 Å². The van der Waals surface area contributed by atoms with Crippen LogP contribution in [-0.2, 0) is 11.3 Å². The Morgan fingerprint density at radius 3 is 2.64 bits per heavy atom. The monoisotopic (exact) mass is 448 g/mol. The number of aromatic amines is 1. The van der Waals surface area contributed by atoms with Crippen molar-refractivity contribution in [3.8, 4) is 5.75 Å². The van der Waals surface area contributed by atoms with Gasteiger partial charge in [0.1, 0.15) is 5.75 Å². The highest BCUT2D eigenvalue weighted by Gasteiger charge is 2.32. The van der Waals surface area contributed by atoms with Gasteiger partial charge in [-0.2, -0.15) is 0 Å². The van der Waals surface area contributed by atoms with Crippen LogP contribution in [0.1, 0.15) is 56.6 Å². The maximum absolute atomic E-state index is 12.8. The number of amides is 1. The lowest BCUT2D eigenvalue weighted by molar-refractivity contribution is -0.129. The molecular weight excluding hydrogens is 412 g/mol. The summed E-state index contributed by atoms with van der Waals surface area (Å²) in [5.74, 6) is 1.33. The van der Waals surface area contributed by atoms with Gasteiger partial charge in [0.25, 0.3) is 0 Å². The second-order valence-electron chi connectivity index (χ2n) is 10.2. The minimum Gasteiger partial charge on any atom is -0.497 e. The number of pyridine rings is 1. The van der Waals surface area contributed by atoms with Crippen molar-refractivity contribution in [2.24, 2.45) is 11.3 Å². The molecule has 6 heteroatoms. The Morgan fingerprint density at radius 1 is 1.24 bits per heavy atom. The molecule has 1 amide bonds. The Kier molecular flexibility index (Phi) is 6.75. The third-order valence-electron chi connectivity index (χ3n) is 6.83. The van der Waals surface area contributed by atoms with E-state index in [1.165, 1.54) is 16.6 Å². The van der Waals surface area contributed by atoms with Gasteiger partial charge in [-0.1, -0.05) is 26.8 Å². The predicted octanol–water partition coefficient (Wildman–Crippen LogP) is 5.00. The number of carbonyl (C=O) groups is 1. The van der Waals surface area contributed by atoms with Gasteiger partial charge < -0.3 is 15.0 Å². The summed E-state index contributed by atoms with van der Waals surface area (Å²) in [6.07, 6.45) is 3.87. The first-order valence-electron chi connectivity index (χ1n) is 11.9. The molecule has 1 aliphatic rings. The highest BCUT2D eigenvalue weighted by molar-refractivity contribution is 5.85. The molecule has 2 aromatic heterocycles. The van der Waals surface area contributed by atoms with Gasteiger partial charge in [0.15, 0.2) is 0 Å². The van der Waals surface area contributed by atoms with Gasteiger partial charge in [-0.15, -0.1) is 0 Å². The van der Waals surface area contributed by atoms with Gasteiger partial charge in [0.05, 0.1) is 18.8 Å². The van der Waals surface area contributed by atoms with Crippen molar-refractivity contribution in [2.45, 2.75) is 53.1 Å². The van der Waals surface area contributed by atoms with E-state index in [1.54, 1.807) is 7.11 Å². The number of rotatable bonds is 6. The van der Waals surface area contributed by atoms with Gasteiger partial charge in [-0.3, -0.25) is 14.7 Å². The molecule has 176 valence electrons. The molecule has 1 atom stereocenters. The normalized spacial score (nSPS) is 16.6. The van der Waals surface area contributed by atoms with Crippen LogP contribution in [0.15, 0.2) is 42.6 Å². The van der Waals surface area contributed by atoms with Gasteiger partial charge in [-0.25, -0.2) is 0 Å². The molecule has 0 radical (unpaired) electrons. The van der Waals surface area contributed by atoms with Crippen LogP contribution in [0.5, 0.6) is 5.75 Å². The maximum Gasteiger partial charge on any atom is 0.225 e. The van der Waals surface area contributed by atoms with E-state index in [4.69, 9.17) is 4.74 Å². The topological polar surface area (TPSA) is 70.2 Å². The lowest BCUT2D eigenvalue weighted by atomic mass is 9.85. The van der Waals surface area contributed by atoms with Crippen molar-refractivity contribution in [1.82, 2.24) is 20.2 Å². The van der Waals surface area contributed by atoms with Crippen LogP contribution in [0.4, 0.5) is 0 Å². The van der Waals surface area contributed by atoms with Crippen molar-refractivity contribution in [2.75, 3.05) is 20.2 Å². The van der Waals surface area contributed by atoms with E-state index in [0.29, 0.717) is 5.92 Å². The number of benzene rings is 1. The molecule has 33 heavy (non-hydrogen) atoms. The number of ether oxygens (including phenoxy) is 1. The largest absolute Gasteiger partial charge is 0.497 e. The third-order valence-corrected chi connectivity index (χ3v) is 6.83. The van der Waals surface area contributed by atoms with Crippen LogP contribution in [0.2, 0.25) is 0 Å². The fraction of sp³-hybridized carbons (Fsp3) is 0.481. The molecule has 3 heterocycles. The number of fused-ring (bicyclic) bond motifs is 1. The molecule has 0 unspecified atom stereocenters. The zero-order valence-corrected chi connectivity index (χ0v) is 20.4. The van der Waals surface area contributed by atoms with Crippen molar-refractivity contribution in [3.63, 3.8) is 0 Å². The standard InChI is InChI=1S/C27H36N4O2/c1-18-21-16-20(33-5)9-10-22(21)29-24(18)17-31-14-11-19(12-15-31)25(23-8-6-7-13-28-23)30-26(32)27(2,3)4/h6-10,13,16,19,25,29H,11-12,14-15,17H2,1-5H3,(H,30,32)/t25-/m0/s1. The number of carbonyl (C=O) groups excluding carboxylic acids is 1. The third kappa shape index (κ3) is 5.22. The van der Waals surface area contributed by atoms with E-state index in [0.717, 1.165) is 49.4 Å². The smallest absolute Gasteiger partial charge is 0.225 e. The number of aryl methyl sites for hydroxylation is 1. The fourth-order valence-corrected chi connectivity index (χ4v) is 4.67. The van der Waals surface area contributed by atoms with Crippen LogP contribution in [-0.4, -0.2) is 41.0 Å². The summed E-state index contributed by atoms with van der Waals surface area (Å²) in [6, 6.07) is 12.1. The lowest BCUT2D eigenvalue weighted by Gasteiger charge is -2.37. The second kappa shape index (κ2) is 9.56. The summed E-state index contributed by atoms with van der Waals surface area (Å²) < 4.78 is 5.40. The van der Waals surface area contributed by atoms with E-state index >= 15 is 0 Å². The summed E-state index contributed by atoms with van der Waals surface area (Å²) in [6.45, 7) is 10.9. The van der Waals surface area contributed by atoms with Crippen LogP contribution in [0, 0.1) is 18.3 Å². The number of nitrogens with zero attached hydrogens (tertiary/aromatic N) is 2. The molecule has 0 spiro atoms. The van der Waals surface area contributed by atoms with E-state index in [2.05, 4.69) is 39.2 Å². The quantitative estimate of drug-likeness (QED) is 0.557. The Hall–Kier alpha value is -2.86. The average Bonchev–Trinajstić information content (AvgIpc) is 3.12. The first kappa shape index (κ1) is 23.3. The van der Waals surface area contributed by atoms with Crippen LogP contribution < -0.4 is 10.1 Å². The highest BCUT2D eigenvalue weighted by atomic mass is 16.5. The van der Waals surface area contributed by atoms with E-state index in [9.17, 15) is 4.79 Å². The molecule has 0 aliphatic carbocycles. The number of likely N-dealkylation sites (tertiary alicyclic amines) is 1. The van der Waals surface area contributed by atoms with E-state index in [1.807, 2.05) is 51.2 Å². The van der Waals surface area contributed by atoms with Crippen molar-refractivity contribution in [3.05, 3.63) is 59.5 Å². The number of piperidine rings is 1. The fourth-order valence-electron chi connectivity index (χ4n) is 4.67. The van der Waals surface area contributed by atoms with Crippen molar-refractivity contribution < 1.29 is 9.53 Å². The molecule has 6 nitrogen and oxygen atoms in total. The molecule has 1 aliphatic heterocycles. The molecule has 1 fully saturated rings. The van der Waals surface area contributed by atoms with Gasteiger partial charge in [-0.05, 0) is 74.7 Å². The van der Waals surface area contributed by atoms with Gasteiger partial charge >= 0.3 is 0 Å². The van der Waals surface area contributed by atoms with Gasteiger partial charge in [0, 0.05) is 34.8 Å². The van der Waals surface area contributed by atoms with Crippen LogP contribution in [0.3, 0.4) is 0 Å². The molecular formula is C27H36N4O2. The molecule has 2 N–H and O–H groups in total. The zero-order chi connectivity index (χ0) is 23.6. The van der Waals surface area contributed by atoms with E-state index in [-0.39, 0.29) is 11.9 Å². The predicted molar refractivity (Wildman–Crippen MR) is 132 cm³/mol. The second-order valence-corrected chi connectivity index (χ2v) is 10.2. The minimum absolute atomic E-state index is 0.0534. The zero-order valence-electron chi connectivity index (χ0n) is 20.4. The molecule has 0 saturated carbocycles. The Morgan fingerprint density at radius 2 is 2.00 bits per heavy atom. The number of methoxy groups -OCH3 is 1. The number of aromatic nitrogens is 2. The Labute approximate surface area is 196 Å². The summed E-state index contributed by atoms with van der Waals surface area (Å²) in [7, 11) is 1.70. The minimum atomic E-state index is -0.427.